The van der Waals surface area contributed by atoms with Crippen LogP contribution in [0.1, 0.15) is 12.0 Å². The first-order chi connectivity index (χ1) is 5.83. The molecule has 0 aromatic heterocycles. The van der Waals surface area contributed by atoms with Crippen molar-refractivity contribution in [3.63, 3.8) is 0 Å². The summed E-state index contributed by atoms with van der Waals surface area (Å²) in [6, 6.07) is 10.6. The molecule has 1 unspecified atom stereocenters. The molecule has 1 rings (SSSR count). The Labute approximate surface area is 76.9 Å². The van der Waals surface area contributed by atoms with Gasteiger partial charge < -0.3 is 0 Å². The number of hydrogen-bond acceptors (Lipinski definition) is 0. The third kappa shape index (κ3) is 3.19. The standard InChI is InChI=1S/C11H15P/c1-2-6-11(12)9-10-7-4-3-5-8-10/h2-5,7-8,11H,1,6,9,12H2/t11-/m1/s1. The zero-order valence-corrected chi connectivity index (χ0v) is 8.39. The van der Waals surface area contributed by atoms with Crippen molar-refractivity contribution >= 4 is 9.24 Å². The van der Waals surface area contributed by atoms with E-state index in [9.17, 15) is 0 Å². The second-order valence-corrected chi connectivity index (χ2v) is 3.92. The van der Waals surface area contributed by atoms with Gasteiger partial charge in [0.1, 0.15) is 0 Å². The summed E-state index contributed by atoms with van der Waals surface area (Å²) < 4.78 is 0. The summed E-state index contributed by atoms with van der Waals surface area (Å²) in [5.41, 5.74) is 2.03. The van der Waals surface area contributed by atoms with Gasteiger partial charge in [0, 0.05) is 0 Å². The number of allylic oxidation sites excluding steroid dienone is 1. The third-order valence-electron chi connectivity index (χ3n) is 1.81. The Morgan fingerprint density at radius 1 is 1.33 bits per heavy atom. The van der Waals surface area contributed by atoms with Crippen molar-refractivity contribution in [3.8, 4) is 0 Å². The van der Waals surface area contributed by atoms with E-state index >= 15 is 0 Å². The van der Waals surface area contributed by atoms with Crippen LogP contribution in [-0.4, -0.2) is 5.66 Å². The Morgan fingerprint density at radius 3 is 2.58 bits per heavy atom. The maximum atomic E-state index is 3.73. The first-order valence-corrected chi connectivity index (χ1v) is 4.90. The number of rotatable bonds is 4. The van der Waals surface area contributed by atoms with Gasteiger partial charge in [-0.3, -0.25) is 0 Å². The van der Waals surface area contributed by atoms with Gasteiger partial charge in [0.05, 0.1) is 0 Å². The molecule has 0 bridgehead atoms. The Balaban J connectivity index is 2.46. The van der Waals surface area contributed by atoms with E-state index in [4.69, 9.17) is 0 Å². The number of hydrogen-bond donors (Lipinski definition) is 0. The molecule has 12 heavy (non-hydrogen) atoms. The monoisotopic (exact) mass is 178 g/mol. The summed E-state index contributed by atoms with van der Waals surface area (Å²) in [7, 11) is 2.86. The van der Waals surface area contributed by atoms with Gasteiger partial charge in [0.25, 0.3) is 0 Å². The van der Waals surface area contributed by atoms with E-state index in [1.165, 1.54) is 5.56 Å². The lowest BCUT2D eigenvalue weighted by Gasteiger charge is -2.07. The quantitative estimate of drug-likeness (QED) is 0.491. The molecular weight excluding hydrogens is 163 g/mol. The average molecular weight is 178 g/mol. The van der Waals surface area contributed by atoms with Crippen LogP contribution in [0, 0.1) is 0 Å². The highest BCUT2D eigenvalue weighted by Gasteiger charge is 1.99. The fourth-order valence-corrected chi connectivity index (χ4v) is 1.68. The summed E-state index contributed by atoms with van der Waals surface area (Å²) in [6.07, 6.45) is 4.16. The molecule has 1 heteroatoms. The molecule has 0 spiro atoms. The minimum absolute atomic E-state index is 0.630. The lowest BCUT2D eigenvalue weighted by atomic mass is 10.1. The minimum Gasteiger partial charge on any atom is -0.134 e. The zero-order chi connectivity index (χ0) is 8.81. The van der Waals surface area contributed by atoms with Crippen LogP contribution in [0.4, 0.5) is 0 Å². The fraction of sp³-hybridized carbons (Fsp3) is 0.273. The lowest BCUT2D eigenvalue weighted by molar-refractivity contribution is 0.867. The molecule has 0 aliphatic carbocycles. The zero-order valence-electron chi connectivity index (χ0n) is 7.24. The van der Waals surface area contributed by atoms with Crippen LogP contribution in [0.2, 0.25) is 0 Å². The van der Waals surface area contributed by atoms with Crippen LogP contribution in [0.25, 0.3) is 0 Å². The minimum atomic E-state index is 0.630. The van der Waals surface area contributed by atoms with Crippen molar-refractivity contribution < 1.29 is 0 Å². The Morgan fingerprint density at radius 2 is 2.00 bits per heavy atom. The molecule has 0 heterocycles. The Hall–Kier alpha value is -0.610. The maximum absolute atomic E-state index is 3.73. The Kier molecular flexibility index (Phi) is 4.04. The van der Waals surface area contributed by atoms with E-state index in [0.717, 1.165) is 12.8 Å². The SMILES string of the molecule is C=CC[C@@H](P)Cc1ccccc1. The van der Waals surface area contributed by atoms with Gasteiger partial charge in [0.15, 0.2) is 0 Å². The van der Waals surface area contributed by atoms with Crippen molar-refractivity contribution in [1.29, 1.82) is 0 Å². The van der Waals surface area contributed by atoms with Crippen LogP contribution in [-0.2, 0) is 6.42 Å². The maximum Gasteiger partial charge on any atom is -0.0189 e. The van der Waals surface area contributed by atoms with Crippen molar-refractivity contribution in [2.24, 2.45) is 0 Å². The first-order valence-electron chi connectivity index (χ1n) is 4.23. The van der Waals surface area contributed by atoms with Crippen molar-refractivity contribution in [2.75, 3.05) is 0 Å². The van der Waals surface area contributed by atoms with E-state index in [1.807, 2.05) is 6.08 Å². The molecule has 0 aliphatic rings. The molecule has 0 radical (unpaired) electrons. The molecule has 1 aromatic rings. The van der Waals surface area contributed by atoms with E-state index in [0.29, 0.717) is 5.66 Å². The summed E-state index contributed by atoms with van der Waals surface area (Å²) in [6.45, 7) is 3.73. The van der Waals surface area contributed by atoms with Crippen LogP contribution in [0.3, 0.4) is 0 Å². The van der Waals surface area contributed by atoms with E-state index in [-0.39, 0.29) is 0 Å². The van der Waals surface area contributed by atoms with Crippen LogP contribution >= 0.6 is 9.24 Å². The first kappa shape index (κ1) is 9.48. The molecule has 0 saturated heterocycles. The largest absolute Gasteiger partial charge is 0.134 e. The van der Waals surface area contributed by atoms with E-state index in [1.54, 1.807) is 0 Å². The molecule has 64 valence electrons. The summed E-state index contributed by atoms with van der Waals surface area (Å²) in [4.78, 5) is 0. The summed E-state index contributed by atoms with van der Waals surface area (Å²) in [5.74, 6) is 0. The van der Waals surface area contributed by atoms with Crippen LogP contribution in [0.15, 0.2) is 43.0 Å². The van der Waals surface area contributed by atoms with Crippen molar-refractivity contribution in [3.05, 3.63) is 48.6 Å². The highest BCUT2D eigenvalue weighted by atomic mass is 31.0. The van der Waals surface area contributed by atoms with Crippen LogP contribution in [0.5, 0.6) is 0 Å². The van der Waals surface area contributed by atoms with Gasteiger partial charge in [-0.05, 0) is 24.1 Å². The smallest absolute Gasteiger partial charge is 0.0189 e. The molecule has 2 atom stereocenters. The van der Waals surface area contributed by atoms with Crippen molar-refractivity contribution in [2.45, 2.75) is 18.5 Å². The van der Waals surface area contributed by atoms with Gasteiger partial charge >= 0.3 is 0 Å². The van der Waals surface area contributed by atoms with E-state index < -0.39 is 0 Å². The van der Waals surface area contributed by atoms with Gasteiger partial charge in [-0.15, -0.1) is 15.8 Å². The average Bonchev–Trinajstić information content (AvgIpc) is 2.06. The molecule has 1 aromatic carbocycles. The molecule has 0 amide bonds. The molecule has 0 aliphatic heterocycles. The van der Waals surface area contributed by atoms with E-state index in [2.05, 4.69) is 46.2 Å². The Bertz CT molecular complexity index is 228. The second kappa shape index (κ2) is 5.11. The molecule has 0 fully saturated rings. The summed E-state index contributed by atoms with van der Waals surface area (Å²) in [5, 5.41) is 0. The normalized spacial score (nSPS) is 12.4. The molecular formula is C11H15P. The topological polar surface area (TPSA) is 0 Å². The second-order valence-electron chi connectivity index (χ2n) is 2.97. The van der Waals surface area contributed by atoms with Gasteiger partial charge in [0.2, 0.25) is 0 Å². The summed E-state index contributed by atoms with van der Waals surface area (Å²) >= 11 is 0. The molecule has 0 nitrogen and oxygen atoms in total. The highest BCUT2D eigenvalue weighted by Crippen LogP contribution is 2.13. The fourth-order valence-electron chi connectivity index (χ4n) is 1.21. The number of benzene rings is 1. The predicted octanol–water partition coefficient (Wildman–Crippen LogP) is 3.05. The van der Waals surface area contributed by atoms with Crippen LogP contribution < -0.4 is 0 Å². The third-order valence-corrected chi connectivity index (χ3v) is 2.32. The van der Waals surface area contributed by atoms with Gasteiger partial charge in [-0.2, -0.15) is 0 Å². The van der Waals surface area contributed by atoms with Gasteiger partial charge in [-0.25, -0.2) is 0 Å². The lowest BCUT2D eigenvalue weighted by Crippen LogP contribution is -2.00. The van der Waals surface area contributed by atoms with Gasteiger partial charge in [-0.1, -0.05) is 36.4 Å². The molecule has 0 saturated carbocycles. The predicted molar refractivity (Wildman–Crippen MR) is 58.5 cm³/mol. The van der Waals surface area contributed by atoms with Crippen molar-refractivity contribution in [1.82, 2.24) is 0 Å². The highest BCUT2D eigenvalue weighted by molar-refractivity contribution is 7.17. The molecule has 0 N–H and O–H groups in total.